The van der Waals surface area contributed by atoms with Gasteiger partial charge in [0, 0.05) is 19.2 Å². The Balaban J connectivity index is 1.73. The first-order valence-corrected chi connectivity index (χ1v) is 7.41. The van der Waals surface area contributed by atoms with Gasteiger partial charge in [-0.05, 0) is 39.3 Å². The largest absolute Gasteiger partial charge is 0.444 e. The number of anilines is 1. The average molecular weight is 319 g/mol. The Kier molecular flexibility index (Phi) is 5.15. The molecule has 0 unspecified atom stereocenters. The third-order valence-electron chi connectivity index (χ3n) is 2.81. The van der Waals surface area contributed by atoms with Crippen LogP contribution in [0.1, 0.15) is 33.6 Å². The van der Waals surface area contributed by atoms with Crippen LogP contribution in [0.25, 0.3) is 5.65 Å². The van der Waals surface area contributed by atoms with E-state index in [1.807, 2.05) is 12.1 Å². The minimum atomic E-state index is -0.532. The Morgan fingerprint density at radius 1 is 1.26 bits per heavy atom. The maximum atomic E-state index is 11.9. The number of ether oxygens (including phenoxy) is 1. The number of aromatic nitrogens is 3. The molecule has 0 atom stereocenters. The first kappa shape index (κ1) is 16.7. The van der Waals surface area contributed by atoms with Gasteiger partial charge < -0.3 is 10.1 Å². The molecule has 0 radical (unpaired) electrons. The number of alkyl carbamates (subject to hydrolysis) is 1. The van der Waals surface area contributed by atoms with E-state index in [1.54, 1.807) is 37.4 Å². The zero-order valence-electron chi connectivity index (χ0n) is 13.5. The molecule has 2 amide bonds. The predicted octanol–water partition coefficient (Wildman–Crippen LogP) is 1.97. The molecule has 23 heavy (non-hydrogen) atoms. The number of nitrogens with zero attached hydrogens (tertiary/aromatic N) is 3. The topological polar surface area (TPSA) is 97.6 Å². The summed E-state index contributed by atoms with van der Waals surface area (Å²) in [4.78, 5) is 23.3. The normalized spacial score (nSPS) is 11.3. The van der Waals surface area contributed by atoms with E-state index in [9.17, 15) is 9.59 Å². The highest BCUT2D eigenvalue weighted by molar-refractivity contribution is 5.89. The lowest BCUT2D eigenvalue weighted by atomic mass is 10.2. The summed E-state index contributed by atoms with van der Waals surface area (Å²) in [5.74, 6) is 0.194. The summed E-state index contributed by atoms with van der Waals surface area (Å²) in [5, 5.41) is 13.2. The molecule has 124 valence electrons. The summed E-state index contributed by atoms with van der Waals surface area (Å²) in [6, 6.07) is 5.47. The van der Waals surface area contributed by atoms with E-state index in [4.69, 9.17) is 4.74 Å². The molecule has 0 aliphatic carbocycles. The zero-order valence-corrected chi connectivity index (χ0v) is 13.5. The minimum Gasteiger partial charge on any atom is -0.444 e. The third-order valence-corrected chi connectivity index (χ3v) is 2.81. The van der Waals surface area contributed by atoms with Gasteiger partial charge in [0.15, 0.2) is 5.65 Å². The summed E-state index contributed by atoms with van der Waals surface area (Å²) >= 11 is 0. The van der Waals surface area contributed by atoms with Gasteiger partial charge in [-0.3, -0.25) is 14.5 Å². The van der Waals surface area contributed by atoms with Gasteiger partial charge in [-0.25, -0.2) is 4.79 Å². The van der Waals surface area contributed by atoms with Gasteiger partial charge in [0.1, 0.15) is 5.60 Å². The lowest BCUT2D eigenvalue weighted by molar-refractivity contribution is -0.116. The molecule has 0 aliphatic rings. The molecule has 8 heteroatoms. The van der Waals surface area contributed by atoms with E-state index < -0.39 is 11.7 Å². The van der Waals surface area contributed by atoms with Crippen molar-refractivity contribution in [1.82, 2.24) is 19.9 Å². The van der Waals surface area contributed by atoms with Crippen molar-refractivity contribution < 1.29 is 14.3 Å². The number of hydrogen-bond donors (Lipinski definition) is 2. The van der Waals surface area contributed by atoms with Crippen molar-refractivity contribution in [3.8, 4) is 0 Å². The van der Waals surface area contributed by atoms with Gasteiger partial charge >= 0.3 is 6.09 Å². The maximum absolute atomic E-state index is 11.9. The van der Waals surface area contributed by atoms with Crippen molar-refractivity contribution in [2.24, 2.45) is 0 Å². The van der Waals surface area contributed by atoms with Crippen LogP contribution < -0.4 is 10.6 Å². The molecule has 2 heterocycles. The second-order valence-corrected chi connectivity index (χ2v) is 6.03. The van der Waals surface area contributed by atoms with Crippen molar-refractivity contribution in [3.63, 3.8) is 0 Å². The van der Waals surface area contributed by atoms with Crippen LogP contribution in [0.5, 0.6) is 0 Å². The maximum Gasteiger partial charge on any atom is 0.407 e. The summed E-state index contributed by atoms with van der Waals surface area (Å²) < 4.78 is 6.80. The van der Waals surface area contributed by atoms with E-state index in [1.165, 1.54) is 0 Å². The fourth-order valence-electron chi connectivity index (χ4n) is 1.87. The molecule has 0 bridgehead atoms. The molecule has 2 rings (SSSR count). The number of carbonyl (C=O) groups is 2. The van der Waals surface area contributed by atoms with E-state index in [0.717, 1.165) is 0 Å². The highest BCUT2D eigenvalue weighted by Gasteiger charge is 2.15. The van der Waals surface area contributed by atoms with Gasteiger partial charge in [0.25, 0.3) is 0 Å². The molecule has 2 aromatic heterocycles. The molecule has 0 fully saturated rings. The van der Waals surface area contributed by atoms with E-state index in [-0.39, 0.29) is 12.3 Å². The fourth-order valence-corrected chi connectivity index (χ4v) is 1.87. The Labute approximate surface area is 134 Å². The van der Waals surface area contributed by atoms with E-state index in [2.05, 4.69) is 20.8 Å². The first-order chi connectivity index (χ1) is 10.8. The van der Waals surface area contributed by atoms with Gasteiger partial charge in [0.2, 0.25) is 11.9 Å². The Morgan fingerprint density at radius 2 is 2.04 bits per heavy atom. The lowest BCUT2D eigenvalue weighted by Gasteiger charge is -2.19. The average Bonchev–Trinajstić information content (AvgIpc) is 2.85. The lowest BCUT2D eigenvalue weighted by Crippen LogP contribution is -2.33. The summed E-state index contributed by atoms with van der Waals surface area (Å²) in [6.07, 6.45) is 2.05. The quantitative estimate of drug-likeness (QED) is 0.821. The highest BCUT2D eigenvalue weighted by Crippen LogP contribution is 2.08. The van der Waals surface area contributed by atoms with Gasteiger partial charge in [-0.2, -0.15) is 0 Å². The molecule has 0 spiro atoms. The molecule has 0 aliphatic heterocycles. The summed E-state index contributed by atoms with van der Waals surface area (Å²) in [7, 11) is 0. The van der Waals surface area contributed by atoms with Gasteiger partial charge in [0.05, 0.1) is 0 Å². The number of nitrogens with one attached hydrogen (secondary N) is 2. The van der Waals surface area contributed by atoms with Crippen molar-refractivity contribution >= 4 is 23.6 Å². The third kappa shape index (κ3) is 5.24. The van der Waals surface area contributed by atoms with Crippen LogP contribution in [-0.4, -0.2) is 38.7 Å². The van der Waals surface area contributed by atoms with Crippen molar-refractivity contribution in [2.75, 3.05) is 11.9 Å². The predicted molar refractivity (Wildman–Crippen MR) is 85.1 cm³/mol. The van der Waals surface area contributed by atoms with E-state index >= 15 is 0 Å². The van der Waals surface area contributed by atoms with Gasteiger partial charge in [-0.15, -0.1) is 10.2 Å². The van der Waals surface area contributed by atoms with Crippen molar-refractivity contribution in [2.45, 2.75) is 39.2 Å². The van der Waals surface area contributed by atoms with Crippen LogP contribution in [0.2, 0.25) is 0 Å². The van der Waals surface area contributed by atoms with Crippen LogP contribution in [0.3, 0.4) is 0 Å². The second-order valence-electron chi connectivity index (χ2n) is 6.03. The van der Waals surface area contributed by atoms with Crippen molar-refractivity contribution in [3.05, 3.63) is 24.4 Å². The van der Waals surface area contributed by atoms with Gasteiger partial charge in [-0.1, -0.05) is 6.07 Å². The Bertz CT molecular complexity index is 690. The fraction of sp³-hybridized carbons (Fsp3) is 0.467. The second kappa shape index (κ2) is 7.08. The molecular formula is C15H21N5O3. The van der Waals surface area contributed by atoms with Crippen LogP contribution in [0, 0.1) is 0 Å². The monoisotopic (exact) mass is 319 g/mol. The molecular weight excluding hydrogens is 298 g/mol. The highest BCUT2D eigenvalue weighted by atomic mass is 16.6. The number of rotatable bonds is 5. The number of carbonyl (C=O) groups excluding carboxylic acids is 2. The molecule has 0 aromatic carbocycles. The zero-order chi connectivity index (χ0) is 16.9. The summed E-state index contributed by atoms with van der Waals surface area (Å²) in [6.45, 7) is 5.75. The number of amides is 2. The SMILES string of the molecule is CC(C)(C)OC(=O)NCCCC(=O)Nc1nnc2ccccn12. The smallest absolute Gasteiger partial charge is 0.407 e. The molecule has 0 saturated heterocycles. The van der Waals surface area contributed by atoms with Crippen molar-refractivity contribution in [1.29, 1.82) is 0 Å². The van der Waals surface area contributed by atoms with Crippen LogP contribution in [0.15, 0.2) is 24.4 Å². The molecule has 2 aromatic rings. The first-order valence-electron chi connectivity index (χ1n) is 7.41. The molecule has 2 N–H and O–H groups in total. The number of hydrogen-bond acceptors (Lipinski definition) is 5. The number of fused-ring (bicyclic) bond motifs is 1. The number of pyridine rings is 1. The Hall–Kier alpha value is -2.64. The summed E-state index contributed by atoms with van der Waals surface area (Å²) in [5.41, 5.74) is 0.130. The molecule has 8 nitrogen and oxygen atoms in total. The molecule has 0 saturated carbocycles. The van der Waals surface area contributed by atoms with E-state index in [0.29, 0.717) is 24.6 Å². The standard InChI is InChI=1S/C15H21N5O3/c1-15(2,3)23-14(22)16-9-6-8-12(21)17-13-19-18-11-7-4-5-10-20(11)13/h4-5,7,10H,6,8-9H2,1-3H3,(H,16,22)(H,17,19,21). The van der Waals surface area contributed by atoms with Crippen LogP contribution in [-0.2, 0) is 9.53 Å². The Morgan fingerprint density at radius 3 is 2.78 bits per heavy atom. The van der Waals surface area contributed by atoms with Crippen LogP contribution in [0.4, 0.5) is 10.7 Å². The minimum absolute atomic E-state index is 0.186. The van der Waals surface area contributed by atoms with Crippen LogP contribution >= 0.6 is 0 Å².